The number of halogens is 1. The van der Waals surface area contributed by atoms with Crippen LogP contribution in [0.1, 0.15) is 21.1 Å². The van der Waals surface area contributed by atoms with Crippen molar-refractivity contribution < 1.29 is 9.18 Å². The van der Waals surface area contributed by atoms with Crippen LogP contribution in [0.15, 0.2) is 36.5 Å². The molecule has 3 aromatic rings. The van der Waals surface area contributed by atoms with Crippen molar-refractivity contribution >= 4 is 22.4 Å². The van der Waals surface area contributed by atoms with Crippen LogP contribution in [-0.2, 0) is 13.0 Å². The van der Waals surface area contributed by atoms with E-state index in [-0.39, 0.29) is 11.6 Å². The first-order valence-corrected chi connectivity index (χ1v) is 8.71. The lowest BCUT2D eigenvalue weighted by Crippen LogP contribution is -2.25. The number of amides is 1. The minimum Gasteiger partial charge on any atom is -0.301 e. The molecule has 0 fully saturated rings. The minimum absolute atomic E-state index is 0.216. The highest BCUT2D eigenvalue weighted by atomic mass is 32.1. The predicted octanol–water partition coefficient (Wildman–Crippen LogP) is 2.71. The van der Waals surface area contributed by atoms with Crippen LogP contribution >= 0.6 is 11.3 Å². The standard InChI is InChI=1S/C17H16FN5OS/c1-22-8-6-12-15(10-22)25-17(19-12)20-16(24)13-7-9-23(21-13)14-5-3-2-4-11(14)18/h2-5,7,9H,6,8,10H2,1H3,(H,19,20,24). The lowest BCUT2D eigenvalue weighted by molar-refractivity contribution is 0.102. The van der Waals surface area contributed by atoms with Gasteiger partial charge in [-0.3, -0.25) is 10.1 Å². The topological polar surface area (TPSA) is 63.1 Å². The summed E-state index contributed by atoms with van der Waals surface area (Å²) in [5.74, 6) is -0.746. The van der Waals surface area contributed by atoms with Crippen LogP contribution in [0.2, 0.25) is 0 Å². The number of carbonyl (C=O) groups is 1. The second kappa shape index (κ2) is 6.38. The first kappa shape index (κ1) is 15.9. The number of rotatable bonds is 3. The van der Waals surface area contributed by atoms with Crippen LogP contribution in [-0.4, -0.2) is 39.2 Å². The fourth-order valence-electron chi connectivity index (χ4n) is 2.75. The molecule has 4 rings (SSSR count). The summed E-state index contributed by atoms with van der Waals surface area (Å²) in [7, 11) is 2.07. The molecular formula is C17H16FN5OS. The Bertz CT molecular complexity index is 935. The van der Waals surface area contributed by atoms with Crippen LogP contribution in [0, 0.1) is 5.82 Å². The maximum atomic E-state index is 13.8. The van der Waals surface area contributed by atoms with Gasteiger partial charge in [-0.15, -0.1) is 11.3 Å². The average Bonchev–Trinajstić information content (AvgIpc) is 3.21. The fourth-order valence-corrected chi connectivity index (χ4v) is 3.84. The molecule has 8 heteroatoms. The molecule has 1 aliphatic rings. The Morgan fingerprint density at radius 1 is 1.32 bits per heavy atom. The van der Waals surface area contributed by atoms with Crippen molar-refractivity contribution in [2.24, 2.45) is 0 Å². The molecule has 1 aliphatic heterocycles. The smallest absolute Gasteiger partial charge is 0.277 e. The summed E-state index contributed by atoms with van der Waals surface area (Å²) in [5, 5.41) is 7.53. The summed E-state index contributed by atoms with van der Waals surface area (Å²) in [4.78, 5) is 20.3. The van der Waals surface area contributed by atoms with E-state index >= 15 is 0 Å². The molecule has 0 aliphatic carbocycles. The molecule has 6 nitrogen and oxygen atoms in total. The molecule has 0 atom stereocenters. The van der Waals surface area contributed by atoms with Gasteiger partial charge in [0.25, 0.3) is 5.91 Å². The van der Waals surface area contributed by atoms with E-state index in [0.717, 1.165) is 25.2 Å². The van der Waals surface area contributed by atoms with Crippen LogP contribution in [0.25, 0.3) is 5.69 Å². The summed E-state index contributed by atoms with van der Waals surface area (Å²) in [5.41, 5.74) is 1.57. The molecule has 1 N–H and O–H groups in total. The third kappa shape index (κ3) is 3.18. The molecule has 1 aromatic carbocycles. The Morgan fingerprint density at radius 2 is 2.16 bits per heavy atom. The number of likely N-dealkylation sites (N-methyl/N-ethyl adjacent to an activating group) is 1. The molecule has 0 radical (unpaired) electrons. The third-order valence-electron chi connectivity index (χ3n) is 4.06. The highest BCUT2D eigenvalue weighted by Crippen LogP contribution is 2.28. The van der Waals surface area contributed by atoms with Gasteiger partial charge in [0.15, 0.2) is 10.8 Å². The zero-order chi connectivity index (χ0) is 17.4. The summed E-state index contributed by atoms with van der Waals surface area (Å²) in [6, 6.07) is 7.85. The summed E-state index contributed by atoms with van der Waals surface area (Å²) in [6.07, 6.45) is 2.45. The summed E-state index contributed by atoms with van der Waals surface area (Å²) >= 11 is 1.49. The number of thiazole rings is 1. The Hall–Kier alpha value is -2.58. The van der Waals surface area contributed by atoms with E-state index < -0.39 is 5.82 Å². The number of aromatic nitrogens is 3. The van der Waals surface area contributed by atoms with E-state index in [4.69, 9.17) is 0 Å². The minimum atomic E-state index is -0.394. The van der Waals surface area contributed by atoms with E-state index in [1.807, 2.05) is 0 Å². The normalized spacial score (nSPS) is 14.3. The van der Waals surface area contributed by atoms with Crippen molar-refractivity contribution in [3.05, 3.63) is 58.6 Å². The van der Waals surface area contributed by atoms with Gasteiger partial charge in [-0.2, -0.15) is 5.10 Å². The van der Waals surface area contributed by atoms with Crippen LogP contribution in [0.4, 0.5) is 9.52 Å². The molecule has 3 heterocycles. The second-order valence-corrected chi connectivity index (χ2v) is 7.01. The molecule has 1 amide bonds. The molecule has 0 saturated carbocycles. The first-order valence-electron chi connectivity index (χ1n) is 7.89. The Balaban J connectivity index is 1.52. The van der Waals surface area contributed by atoms with Gasteiger partial charge < -0.3 is 4.90 Å². The lowest BCUT2D eigenvalue weighted by Gasteiger charge is -2.20. The number of anilines is 1. The number of para-hydroxylation sites is 1. The van der Waals surface area contributed by atoms with Crippen LogP contribution in [0.5, 0.6) is 0 Å². The highest BCUT2D eigenvalue weighted by molar-refractivity contribution is 7.15. The van der Waals surface area contributed by atoms with Crippen molar-refractivity contribution in [2.45, 2.75) is 13.0 Å². The molecule has 0 saturated heterocycles. The van der Waals surface area contributed by atoms with Gasteiger partial charge in [-0.1, -0.05) is 12.1 Å². The number of hydrogen-bond acceptors (Lipinski definition) is 5. The number of nitrogens with zero attached hydrogens (tertiary/aromatic N) is 4. The number of nitrogens with one attached hydrogen (secondary N) is 1. The third-order valence-corrected chi connectivity index (χ3v) is 5.06. The van der Waals surface area contributed by atoms with Crippen molar-refractivity contribution in [1.29, 1.82) is 0 Å². The Kier molecular flexibility index (Phi) is 4.06. The van der Waals surface area contributed by atoms with Gasteiger partial charge >= 0.3 is 0 Å². The van der Waals surface area contributed by atoms with E-state index in [2.05, 4.69) is 27.3 Å². The Labute approximate surface area is 147 Å². The molecule has 0 bridgehead atoms. The van der Waals surface area contributed by atoms with Crippen LogP contribution < -0.4 is 5.32 Å². The van der Waals surface area contributed by atoms with Gasteiger partial charge in [0.1, 0.15) is 11.5 Å². The van der Waals surface area contributed by atoms with E-state index in [9.17, 15) is 9.18 Å². The highest BCUT2D eigenvalue weighted by Gasteiger charge is 2.20. The zero-order valence-electron chi connectivity index (χ0n) is 13.6. The van der Waals surface area contributed by atoms with Crippen molar-refractivity contribution in [3.63, 3.8) is 0 Å². The number of benzene rings is 1. The van der Waals surface area contributed by atoms with Crippen molar-refractivity contribution in [2.75, 3.05) is 18.9 Å². The SMILES string of the molecule is CN1CCc2nc(NC(=O)c3ccn(-c4ccccc4F)n3)sc2C1. The molecule has 0 spiro atoms. The number of hydrogen-bond donors (Lipinski definition) is 1. The average molecular weight is 357 g/mol. The van der Waals surface area contributed by atoms with E-state index in [1.54, 1.807) is 30.5 Å². The first-order chi connectivity index (χ1) is 12.1. The van der Waals surface area contributed by atoms with Crippen LogP contribution in [0.3, 0.4) is 0 Å². The quantitative estimate of drug-likeness (QED) is 0.783. The lowest BCUT2D eigenvalue weighted by atomic mass is 10.2. The van der Waals surface area contributed by atoms with E-state index in [1.165, 1.54) is 27.0 Å². The maximum Gasteiger partial charge on any atom is 0.277 e. The molecular weight excluding hydrogens is 341 g/mol. The molecule has 2 aromatic heterocycles. The van der Waals surface area contributed by atoms with Gasteiger partial charge in [0.2, 0.25) is 0 Å². The summed E-state index contributed by atoms with van der Waals surface area (Å²) in [6.45, 7) is 1.82. The van der Waals surface area contributed by atoms with Crippen molar-refractivity contribution in [3.8, 4) is 5.69 Å². The van der Waals surface area contributed by atoms with Gasteiger partial charge in [0.05, 0.1) is 5.69 Å². The fraction of sp³-hybridized carbons (Fsp3) is 0.235. The maximum absolute atomic E-state index is 13.8. The predicted molar refractivity (Wildman–Crippen MR) is 93.6 cm³/mol. The number of carbonyl (C=O) groups excluding carboxylic acids is 1. The largest absolute Gasteiger partial charge is 0.301 e. The Morgan fingerprint density at radius 3 is 3.00 bits per heavy atom. The molecule has 0 unspecified atom stereocenters. The van der Waals surface area contributed by atoms with Gasteiger partial charge in [-0.25, -0.2) is 14.1 Å². The van der Waals surface area contributed by atoms with Gasteiger partial charge in [-0.05, 0) is 25.2 Å². The van der Waals surface area contributed by atoms with Crippen molar-refractivity contribution in [1.82, 2.24) is 19.7 Å². The zero-order valence-corrected chi connectivity index (χ0v) is 14.4. The molecule has 128 valence electrons. The number of fused-ring (bicyclic) bond motifs is 1. The molecule has 25 heavy (non-hydrogen) atoms. The van der Waals surface area contributed by atoms with E-state index in [0.29, 0.717) is 10.8 Å². The monoisotopic (exact) mass is 357 g/mol. The summed E-state index contributed by atoms with van der Waals surface area (Å²) < 4.78 is 15.2. The van der Waals surface area contributed by atoms with Gasteiger partial charge in [0, 0.05) is 30.6 Å². The second-order valence-electron chi connectivity index (χ2n) is 5.93.